The van der Waals surface area contributed by atoms with Crippen LogP contribution in [0.2, 0.25) is 0 Å². The number of nitrogens with one attached hydrogen (secondary N) is 1. The number of piperidine rings is 1. The molecule has 1 saturated heterocycles. The van der Waals surface area contributed by atoms with Gasteiger partial charge in [0.25, 0.3) is 11.8 Å². The Labute approximate surface area is 181 Å². The summed E-state index contributed by atoms with van der Waals surface area (Å²) in [5.41, 5.74) is 2.60. The summed E-state index contributed by atoms with van der Waals surface area (Å²) in [5.74, 6) is 0.246. The van der Waals surface area contributed by atoms with E-state index >= 15 is 0 Å². The minimum Gasteiger partial charge on any atom is -0.378 e. The number of fused-ring (bicyclic) bond motifs is 1. The van der Waals surface area contributed by atoms with Crippen molar-refractivity contribution in [3.8, 4) is 0 Å². The minimum atomic E-state index is -0.259. The number of anilines is 1. The topological polar surface area (TPSA) is 82.8 Å². The van der Waals surface area contributed by atoms with E-state index in [-0.39, 0.29) is 17.9 Å². The first-order valence-electron chi connectivity index (χ1n) is 10.6. The molecule has 3 aromatic rings. The molecule has 1 aromatic carbocycles. The number of aromatic nitrogens is 3. The SMILES string of the molecule is C[C@@H]1CCN(C(=O)c2cccc(N(C)C)c2)[C@H](CNC(=O)c2cc3ncccn3n2)C1. The summed E-state index contributed by atoms with van der Waals surface area (Å²) in [6.07, 6.45) is 5.23. The second-order valence-electron chi connectivity index (χ2n) is 8.39. The average Bonchev–Trinajstić information content (AvgIpc) is 3.21. The molecule has 2 aromatic heterocycles. The van der Waals surface area contributed by atoms with Gasteiger partial charge in [0, 0.05) is 62.9 Å². The van der Waals surface area contributed by atoms with Crippen LogP contribution in [0.1, 0.15) is 40.6 Å². The van der Waals surface area contributed by atoms with Gasteiger partial charge in [-0.1, -0.05) is 13.0 Å². The second-order valence-corrected chi connectivity index (χ2v) is 8.39. The van der Waals surface area contributed by atoms with Crippen LogP contribution in [0, 0.1) is 5.92 Å². The maximum atomic E-state index is 13.3. The van der Waals surface area contributed by atoms with Gasteiger partial charge >= 0.3 is 0 Å². The van der Waals surface area contributed by atoms with Crippen LogP contribution in [0.15, 0.2) is 48.8 Å². The predicted molar refractivity (Wildman–Crippen MR) is 119 cm³/mol. The Bertz CT molecular complexity index is 1060. The summed E-state index contributed by atoms with van der Waals surface area (Å²) in [4.78, 5) is 34.1. The van der Waals surface area contributed by atoms with E-state index in [0.717, 1.165) is 18.5 Å². The molecule has 0 aliphatic carbocycles. The molecule has 8 heteroatoms. The normalized spacial score (nSPS) is 18.7. The maximum absolute atomic E-state index is 13.3. The summed E-state index contributed by atoms with van der Waals surface area (Å²) in [7, 11) is 3.92. The number of carbonyl (C=O) groups is 2. The van der Waals surface area contributed by atoms with E-state index in [0.29, 0.717) is 35.9 Å². The molecule has 0 radical (unpaired) electrons. The molecule has 1 aliphatic heterocycles. The number of amides is 2. The van der Waals surface area contributed by atoms with Gasteiger partial charge in [-0.15, -0.1) is 0 Å². The highest BCUT2D eigenvalue weighted by molar-refractivity contribution is 5.96. The smallest absolute Gasteiger partial charge is 0.271 e. The third-order valence-corrected chi connectivity index (χ3v) is 5.82. The molecule has 31 heavy (non-hydrogen) atoms. The van der Waals surface area contributed by atoms with Gasteiger partial charge in [0.05, 0.1) is 0 Å². The first kappa shape index (κ1) is 20.8. The molecule has 0 bridgehead atoms. The lowest BCUT2D eigenvalue weighted by molar-refractivity contribution is 0.0550. The molecule has 162 valence electrons. The van der Waals surface area contributed by atoms with Crippen molar-refractivity contribution in [1.29, 1.82) is 0 Å². The molecule has 1 N–H and O–H groups in total. The van der Waals surface area contributed by atoms with Crippen LogP contribution in [0.4, 0.5) is 5.69 Å². The number of benzene rings is 1. The fourth-order valence-corrected chi connectivity index (χ4v) is 4.04. The Morgan fingerprint density at radius 3 is 2.84 bits per heavy atom. The van der Waals surface area contributed by atoms with E-state index in [1.165, 1.54) is 0 Å². The van der Waals surface area contributed by atoms with Crippen molar-refractivity contribution in [2.45, 2.75) is 25.8 Å². The lowest BCUT2D eigenvalue weighted by Crippen LogP contribution is -2.51. The van der Waals surface area contributed by atoms with E-state index in [1.54, 1.807) is 29.0 Å². The van der Waals surface area contributed by atoms with Crippen molar-refractivity contribution in [3.05, 3.63) is 60.0 Å². The molecule has 3 heterocycles. The predicted octanol–water partition coefficient (Wildman–Crippen LogP) is 2.47. The zero-order valence-electron chi connectivity index (χ0n) is 18.2. The van der Waals surface area contributed by atoms with Gasteiger partial charge in [-0.25, -0.2) is 9.50 Å². The Morgan fingerprint density at radius 1 is 1.23 bits per heavy atom. The van der Waals surface area contributed by atoms with Gasteiger partial charge < -0.3 is 15.1 Å². The van der Waals surface area contributed by atoms with Gasteiger partial charge in [0.15, 0.2) is 11.3 Å². The van der Waals surface area contributed by atoms with Crippen LogP contribution in [-0.4, -0.2) is 64.5 Å². The van der Waals surface area contributed by atoms with Crippen LogP contribution in [0.5, 0.6) is 0 Å². The first-order chi connectivity index (χ1) is 14.9. The van der Waals surface area contributed by atoms with Gasteiger partial charge in [-0.05, 0) is 43.0 Å². The van der Waals surface area contributed by atoms with Crippen LogP contribution < -0.4 is 10.2 Å². The molecule has 2 amide bonds. The monoisotopic (exact) mass is 420 g/mol. The number of rotatable bonds is 5. The number of likely N-dealkylation sites (tertiary alicyclic amines) is 1. The van der Waals surface area contributed by atoms with Crippen LogP contribution in [0.3, 0.4) is 0 Å². The van der Waals surface area contributed by atoms with E-state index in [4.69, 9.17) is 0 Å². The Hall–Kier alpha value is -3.42. The van der Waals surface area contributed by atoms with Gasteiger partial charge in [0.1, 0.15) is 0 Å². The van der Waals surface area contributed by atoms with Crippen LogP contribution in [-0.2, 0) is 0 Å². The third kappa shape index (κ3) is 4.52. The molecular formula is C23H28N6O2. The minimum absolute atomic E-state index is 0.00628. The zero-order chi connectivity index (χ0) is 22.0. The van der Waals surface area contributed by atoms with Crippen molar-refractivity contribution in [2.24, 2.45) is 5.92 Å². The number of hydrogen-bond donors (Lipinski definition) is 1. The molecule has 8 nitrogen and oxygen atoms in total. The van der Waals surface area contributed by atoms with E-state index in [1.807, 2.05) is 48.2 Å². The van der Waals surface area contributed by atoms with Crippen molar-refractivity contribution in [2.75, 3.05) is 32.1 Å². The highest BCUT2D eigenvalue weighted by atomic mass is 16.2. The molecule has 2 atom stereocenters. The maximum Gasteiger partial charge on any atom is 0.271 e. The quantitative estimate of drug-likeness (QED) is 0.686. The lowest BCUT2D eigenvalue weighted by Gasteiger charge is -2.38. The number of nitrogens with zero attached hydrogens (tertiary/aromatic N) is 5. The van der Waals surface area contributed by atoms with Crippen molar-refractivity contribution < 1.29 is 9.59 Å². The van der Waals surface area contributed by atoms with Crippen molar-refractivity contribution in [3.63, 3.8) is 0 Å². The molecule has 0 unspecified atom stereocenters. The van der Waals surface area contributed by atoms with Crippen molar-refractivity contribution in [1.82, 2.24) is 24.8 Å². The van der Waals surface area contributed by atoms with E-state index < -0.39 is 0 Å². The Kier molecular flexibility index (Phi) is 5.88. The van der Waals surface area contributed by atoms with E-state index in [9.17, 15) is 9.59 Å². The summed E-state index contributed by atoms with van der Waals surface area (Å²) >= 11 is 0. The summed E-state index contributed by atoms with van der Waals surface area (Å²) < 4.78 is 1.57. The van der Waals surface area contributed by atoms with Crippen LogP contribution >= 0.6 is 0 Å². The summed E-state index contributed by atoms with van der Waals surface area (Å²) in [6, 6.07) is 11.0. The highest BCUT2D eigenvalue weighted by Crippen LogP contribution is 2.25. The fraction of sp³-hybridized carbons (Fsp3) is 0.391. The highest BCUT2D eigenvalue weighted by Gasteiger charge is 2.31. The molecular weight excluding hydrogens is 392 g/mol. The molecule has 1 aliphatic rings. The molecule has 0 saturated carbocycles. The number of hydrogen-bond acceptors (Lipinski definition) is 5. The van der Waals surface area contributed by atoms with Gasteiger partial charge in [0.2, 0.25) is 0 Å². The third-order valence-electron chi connectivity index (χ3n) is 5.82. The molecule has 4 rings (SSSR count). The first-order valence-corrected chi connectivity index (χ1v) is 10.6. The molecule has 0 spiro atoms. The second kappa shape index (κ2) is 8.75. The standard InChI is InChI=1S/C23H28N6O2/c1-16-8-11-28(23(31)17-6-4-7-18(13-17)27(2)3)19(12-16)15-25-22(30)20-14-21-24-9-5-10-29(21)26-20/h4-7,9-10,13-14,16,19H,8,11-12,15H2,1-3H3,(H,25,30)/t16-,19+/m1/s1. The van der Waals surface area contributed by atoms with Gasteiger partial charge in [-0.2, -0.15) is 5.10 Å². The Balaban J connectivity index is 1.47. The van der Waals surface area contributed by atoms with Gasteiger partial charge in [-0.3, -0.25) is 9.59 Å². The zero-order valence-corrected chi connectivity index (χ0v) is 18.2. The van der Waals surface area contributed by atoms with Crippen LogP contribution in [0.25, 0.3) is 5.65 Å². The summed E-state index contributed by atoms with van der Waals surface area (Å²) in [6.45, 7) is 3.27. The largest absolute Gasteiger partial charge is 0.378 e. The average molecular weight is 421 g/mol. The number of carbonyl (C=O) groups excluding carboxylic acids is 2. The molecule has 1 fully saturated rings. The fourth-order valence-electron chi connectivity index (χ4n) is 4.04. The summed E-state index contributed by atoms with van der Waals surface area (Å²) in [5, 5.41) is 7.25. The van der Waals surface area contributed by atoms with E-state index in [2.05, 4.69) is 22.3 Å². The Morgan fingerprint density at radius 2 is 2.06 bits per heavy atom. The van der Waals surface area contributed by atoms with Crippen molar-refractivity contribution >= 4 is 23.1 Å². The lowest BCUT2D eigenvalue weighted by atomic mass is 9.91.